The quantitative estimate of drug-likeness (QED) is 0.630. The maximum Gasteiger partial charge on any atom is 0.289 e. The highest BCUT2D eigenvalue weighted by atomic mass is 16.1. The third-order valence-corrected chi connectivity index (χ3v) is 2.69. The zero-order valence-electron chi connectivity index (χ0n) is 8.77. The lowest BCUT2D eigenvalue weighted by atomic mass is 10.2. The molecular weight excluding hydrogens is 214 g/mol. The van der Waals surface area contributed by atoms with E-state index in [-0.39, 0.29) is 5.56 Å². The predicted molar refractivity (Wildman–Crippen MR) is 64.6 cm³/mol. The van der Waals surface area contributed by atoms with E-state index < -0.39 is 5.56 Å². The number of hydrogen-bond donors (Lipinski definition) is 1. The van der Waals surface area contributed by atoms with Crippen LogP contribution in [0.1, 0.15) is 5.56 Å². The Morgan fingerprint density at radius 1 is 1.18 bits per heavy atom. The summed E-state index contributed by atoms with van der Waals surface area (Å²) in [5.41, 5.74) is 1.00. The van der Waals surface area contributed by atoms with Crippen LogP contribution in [0.5, 0.6) is 0 Å². The molecule has 0 unspecified atom stereocenters. The first-order valence-electron chi connectivity index (χ1n) is 5.11. The minimum Gasteiger partial charge on any atom is -0.339 e. The van der Waals surface area contributed by atoms with Crippen LogP contribution in [0.15, 0.2) is 41.2 Å². The van der Waals surface area contributed by atoms with Crippen molar-refractivity contribution in [3.8, 4) is 6.07 Å². The van der Waals surface area contributed by atoms with Crippen molar-refractivity contribution in [2.75, 3.05) is 0 Å². The summed E-state index contributed by atoms with van der Waals surface area (Å²) in [5.74, 6) is 0. The number of nitrogens with zero attached hydrogens (tertiary/aromatic N) is 2. The molecule has 0 radical (unpaired) electrons. The summed E-state index contributed by atoms with van der Waals surface area (Å²) in [5, 5.41) is 10.6. The van der Waals surface area contributed by atoms with Crippen LogP contribution in [0, 0.1) is 11.3 Å². The molecule has 0 bridgehead atoms. The van der Waals surface area contributed by atoms with Crippen LogP contribution in [0.4, 0.5) is 0 Å². The predicted octanol–water partition coefficient (Wildman–Crippen LogP) is 1.95. The number of pyridine rings is 1. The molecule has 4 nitrogen and oxygen atoms in total. The van der Waals surface area contributed by atoms with Crippen molar-refractivity contribution < 1.29 is 0 Å². The fraction of sp³-hybridized carbons (Fsp3) is 0. The molecule has 0 atom stereocenters. The van der Waals surface area contributed by atoms with E-state index in [1.165, 1.54) is 0 Å². The van der Waals surface area contributed by atoms with E-state index in [2.05, 4.69) is 9.97 Å². The third kappa shape index (κ3) is 1.37. The summed E-state index contributed by atoms with van der Waals surface area (Å²) in [6.07, 6.45) is 0. The van der Waals surface area contributed by atoms with Crippen LogP contribution in [-0.4, -0.2) is 9.97 Å². The molecule has 80 valence electrons. The third-order valence-electron chi connectivity index (χ3n) is 2.69. The first kappa shape index (κ1) is 9.55. The molecule has 0 spiro atoms. The summed E-state index contributed by atoms with van der Waals surface area (Å²) in [4.78, 5) is 18.4. The lowest BCUT2D eigenvalue weighted by Gasteiger charge is -1.88. The highest BCUT2D eigenvalue weighted by Gasteiger charge is 2.08. The van der Waals surface area contributed by atoms with E-state index in [0.29, 0.717) is 5.65 Å². The van der Waals surface area contributed by atoms with Crippen molar-refractivity contribution >= 4 is 21.9 Å². The van der Waals surface area contributed by atoms with E-state index in [1.807, 2.05) is 36.4 Å². The van der Waals surface area contributed by atoms with Gasteiger partial charge in [-0.05, 0) is 12.1 Å². The second-order valence-corrected chi connectivity index (χ2v) is 3.71. The van der Waals surface area contributed by atoms with Gasteiger partial charge in [0.25, 0.3) is 5.56 Å². The summed E-state index contributed by atoms with van der Waals surface area (Å²) in [6.45, 7) is 0. The van der Waals surface area contributed by atoms with Gasteiger partial charge in [-0.25, -0.2) is 0 Å². The molecule has 3 aromatic rings. The average Bonchev–Trinajstić information content (AvgIpc) is 2.50. The van der Waals surface area contributed by atoms with E-state index >= 15 is 0 Å². The average molecular weight is 221 g/mol. The van der Waals surface area contributed by atoms with Crippen LogP contribution < -0.4 is 5.56 Å². The van der Waals surface area contributed by atoms with E-state index in [4.69, 9.17) is 5.26 Å². The standard InChI is InChI=1S/C13H7N3O/c14-7-8-6-10-9-4-2-1-3-5-11(9)15-12(10)16-13(8)17/h1-6H,(H,15,16,17). The Kier molecular flexibility index (Phi) is 1.92. The first-order valence-corrected chi connectivity index (χ1v) is 5.11. The van der Waals surface area contributed by atoms with E-state index in [9.17, 15) is 4.79 Å². The van der Waals surface area contributed by atoms with Crippen molar-refractivity contribution in [2.24, 2.45) is 0 Å². The summed E-state index contributed by atoms with van der Waals surface area (Å²) in [6, 6.07) is 13.0. The van der Waals surface area contributed by atoms with Crippen molar-refractivity contribution in [3.05, 3.63) is 52.3 Å². The molecule has 0 saturated carbocycles. The molecule has 0 aliphatic rings. The van der Waals surface area contributed by atoms with Crippen LogP contribution >= 0.6 is 0 Å². The van der Waals surface area contributed by atoms with Gasteiger partial charge >= 0.3 is 0 Å². The molecule has 2 heterocycles. The maximum absolute atomic E-state index is 11.4. The van der Waals surface area contributed by atoms with Gasteiger partial charge in [-0.1, -0.05) is 24.3 Å². The molecule has 3 rings (SSSR count). The minimum atomic E-state index is -0.490. The molecule has 1 aromatic carbocycles. The number of nitriles is 1. The Morgan fingerprint density at radius 3 is 2.82 bits per heavy atom. The van der Waals surface area contributed by atoms with Crippen LogP contribution in [0.2, 0.25) is 0 Å². The Bertz CT molecular complexity index is 827. The molecular formula is C13H7N3O. The second kappa shape index (κ2) is 3.42. The number of aromatic amines is 1. The smallest absolute Gasteiger partial charge is 0.289 e. The highest BCUT2D eigenvalue weighted by Crippen LogP contribution is 2.22. The zero-order chi connectivity index (χ0) is 11.8. The van der Waals surface area contributed by atoms with Gasteiger partial charge in [0.2, 0.25) is 0 Å². The van der Waals surface area contributed by atoms with Gasteiger partial charge in [0.15, 0.2) is 0 Å². The lowest BCUT2D eigenvalue weighted by molar-refractivity contribution is 1.24. The minimum absolute atomic E-state index is 0.0740. The van der Waals surface area contributed by atoms with Gasteiger partial charge in [0.05, 0.1) is 0 Å². The molecule has 1 N–H and O–H groups in total. The van der Waals surface area contributed by atoms with Crippen LogP contribution in [0.3, 0.4) is 0 Å². The number of hydrogen-bond acceptors (Lipinski definition) is 3. The second-order valence-electron chi connectivity index (χ2n) is 3.71. The van der Waals surface area contributed by atoms with Crippen LogP contribution in [-0.2, 0) is 0 Å². The summed E-state index contributed by atoms with van der Waals surface area (Å²) >= 11 is 0. The van der Waals surface area contributed by atoms with Crippen molar-refractivity contribution in [2.45, 2.75) is 0 Å². The van der Waals surface area contributed by atoms with E-state index in [1.54, 1.807) is 6.07 Å². The molecule has 0 fully saturated rings. The SMILES string of the molecule is N#Cc1cc2c(nc1=O)[nH]c1cccccc12. The zero-order valence-corrected chi connectivity index (χ0v) is 8.77. The largest absolute Gasteiger partial charge is 0.339 e. The highest BCUT2D eigenvalue weighted by molar-refractivity contribution is 6.05. The lowest BCUT2D eigenvalue weighted by Crippen LogP contribution is -2.08. The monoisotopic (exact) mass is 221 g/mol. The molecule has 0 aliphatic carbocycles. The number of nitrogens with one attached hydrogen (secondary N) is 1. The molecule has 17 heavy (non-hydrogen) atoms. The number of fused-ring (bicyclic) bond motifs is 3. The Labute approximate surface area is 96.2 Å². The van der Waals surface area contributed by atoms with Gasteiger partial charge in [0.1, 0.15) is 17.3 Å². The van der Waals surface area contributed by atoms with Crippen molar-refractivity contribution in [1.29, 1.82) is 5.26 Å². The fourth-order valence-corrected chi connectivity index (χ4v) is 1.90. The molecule has 4 heteroatoms. The topological polar surface area (TPSA) is 69.5 Å². The Morgan fingerprint density at radius 2 is 2.00 bits per heavy atom. The van der Waals surface area contributed by atoms with Crippen molar-refractivity contribution in [1.82, 2.24) is 9.97 Å². The molecule has 2 aromatic heterocycles. The number of aromatic nitrogens is 2. The van der Waals surface area contributed by atoms with Gasteiger partial charge in [-0.3, -0.25) is 4.79 Å². The van der Waals surface area contributed by atoms with Crippen LogP contribution in [0.25, 0.3) is 21.9 Å². The number of rotatable bonds is 0. The van der Waals surface area contributed by atoms with Gasteiger partial charge in [-0.15, -0.1) is 0 Å². The molecule has 0 saturated heterocycles. The molecule has 0 amide bonds. The Hall–Kier alpha value is -2.67. The summed E-state index contributed by atoms with van der Waals surface area (Å²) < 4.78 is 0. The molecule has 0 aliphatic heterocycles. The van der Waals surface area contributed by atoms with E-state index in [0.717, 1.165) is 16.3 Å². The maximum atomic E-state index is 11.4. The van der Waals surface area contributed by atoms with Gasteiger partial charge in [0, 0.05) is 16.3 Å². The first-order chi connectivity index (χ1) is 8.29. The summed E-state index contributed by atoms with van der Waals surface area (Å²) in [7, 11) is 0. The van der Waals surface area contributed by atoms with Crippen molar-refractivity contribution in [3.63, 3.8) is 0 Å². The number of H-pyrrole nitrogens is 1. The Balaban J connectivity index is 2.58. The van der Waals surface area contributed by atoms with Gasteiger partial charge < -0.3 is 4.98 Å². The fourth-order valence-electron chi connectivity index (χ4n) is 1.90. The normalized spacial score (nSPS) is 10.5. The van der Waals surface area contributed by atoms with Gasteiger partial charge in [-0.2, -0.15) is 10.2 Å².